The maximum atomic E-state index is 14.5. The van der Waals surface area contributed by atoms with Crippen molar-refractivity contribution in [3.8, 4) is 11.1 Å². The van der Waals surface area contributed by atoms with Crippen molar-refractivity contribution in [2.45, 2.75) is 45.2 Å². The van der Waals surface area contributed by atoms with Gasteiger partial charge in [-0.3, -0.25) is 18.8 Å². The third-order valence-electron chi connectivity index (χ3n) is 6.64. The van der Waals surface area contributed by atoms with Gasteiger partial charge in [0.15, 0.2) is 11.6 Å². The standard InChI is InChI=1S/C26H25BrFN6O4P/c1-15(35)26-21-8-17(18-11-29-16(2)30-12-18)6-7-22(21)33(32-26)14-39(37,38)34-13-19(28)9-23(34)24(36)10-20-4-3-5-25(27)31-20/h3-8,11-12,19,23H,9-10,13-14H2,1-2H3,(H,37,38)/t19-,23+/m1/s1. The van der Waals surface area contributed by atoms with Gasteiger partial charge in [-0.25, -0.2) is 24.0 Å². The first-order chi connectivity index (χ1) is 18.5. The van der Waals surface area contributed by atoms with Crippen molar-refractivity contribution in [3.63, 3.8) is 0 Å². The van der Waals surface area contributed by atoms with Crippen molar-refractivity contribution in [1.82, 2.24) is 29.4 Å². The second-order valence-electron chi connectivity index (χ2n) is 9.53. The van der Waals surface area contributed by atoms with E-state index in [0.717, 1.165) is 15.8 Å². The Morgan fingerprint density at radius 1 is 1.18 bits per heavy atom. The largest absolute Gasteiger partial charge is 0.332 e. The summed E-state index contributed by atoms with van der Waals surface area (Å²) in [5.41, 5.74) is 2.57. The Balaban J connectivity index is 1.45. The molecule has 1 unspecified atom stereocenters. The molecule has 1 aliphatic heterocycles. The van der Waals surface area contributed by atoms with Gasteiger partial charge in [0.25, 0.3) is 7.52 Å². The molecule has 39 heavy (non-hydrogen) atoms. The zero-order valence-corrected chi connectivity index (χ0v) is 23.6. The summed E-state index contributed by atoms with van der Waals surface area (Å²) in [5, 5.41) is 4.84. The molecule has 1 saturated heterocycles. The highest BCUT2D eigenvalue weighted by atomic mass is 79.9. The number of pyridine rings is 1. The van der Waals surface area contributed by atoms with Crippen LogP contribution >= 0.6 is 23.4 Å². The monoisotopic (exact) mass is 614 g/mol. The number of alkyl halides is 1. The molecule has 0 spiro atoms. The Labute approximate surface area is 231 Å². The molecular formula is C26H25BrFN6O4P. The fraction of sp³-hybridized carbons (Fsp3) is 0.308. The summed E-state index contributed by atoms with van der Waals surface area (Å²) >= 11 is 3.26. The van der Waals surface area contributed by atoms with Crippen LogP contribution in [-0.2, 0) is 22.1 Å². The fourth-order valence-corrected chi connectivity index (χ4v) is 6.98. The number of rotatable bonds is 8. The van der Waals surface area contributed by atoms with E-state index in [1.807, 2.05) is 0 Å². The number of aromatic nitrogens is 5. The van der Waals surface area contributed by atoms with Gasteiger partial charge in [0.2, 0.25) is 0 Å². The van der Waals surface area contributed by atoms with Crippen LogP contribution in [0.4, 0.5) is 4.39 Å². The molecule has 5 rings (SSSR count). The van der Waals surface area contributed by atoms with Crippen LogP contribution < -0.4 is 0 Å². The minimum absolute atomic E-state index is 0.0992. The van der Waals surface area contributed by atoms with E-state index in [4.69, 9.17) is 0 Å². The van der Waals surface area contributed by atoms with E-state index in [-0.39, 0.29) is 30.9 Å². The van der Waals surface area contributed by atoms with Gasteiger partial charge in [-0.2, -0.15) is 5.10 Å². The van der Waals surface area contributed by atoms with Crippen molar-refractivity contribution in [1.29, 1.82) is 0 Å². The SMILES string of the molecule is CC(=O)c1nn(CP(=O)(O)N2C[C@H](F)C[C@H]2C(=O)Cc2cccc(Br)n2)c2ccc(-c3cnc(C)nc3)cc12. The molecule has 4 heterocycles. The second kappa shape index (κ2) is 10.8. The molecule has 13 heteroatoms. The molecule has 1 aromatic carbocycles. The average molecular weight is 615 g/mol. The molecular weight excluding hydrogens is 590 g/mol. The van der Waals surface area contributed by atoms with Crippen LogP contribution in [0.25, 0.3) is 22.0 Å². The van der Waals surface area contributed by atoms with Crippen LogP contribution in [0.5, 0.6) is 0 Å². The molecule has 0 amide bonds. The zero-order valence-electron chi connectivity index (χ0n) is 21.2. The van der Waals surface area contributed by atoms with Crippen LogP contribution in [0.2, 0.25) is 0 Å². The van der Waals surface area contributed by atoms with Crippen LogP contribution in [-0.4, -0.2) is 64.6 Å². The summed E-state index contributed by atoms with van der Waals surface area (Å²) in [7, 11) is -4.31. The summed E-state index contributed by atoms with van der Waals surface area (Å²) in [6.07, 6.45) is 1.11. The van der Waals surface area contributed by atoms with Crippen molar-refractivity contribution >= 4 is 45.9 Å². The van der Waals surface area contributed by atoms with Gasteiger partial charge < -0.3 is 4.89 Å². The molecule has 1 N–H and O–H groups in total. The normalized spacial score (nSPS) is 19.3. The number of hydrogen-bond donors (Lipinski definition) is 1. The fourth-order valence-electron chi connectivity index (χ4n) is 4.78. The molecule has 0 radical (unpaired) electrons. The van der Waals surface area contributed by atoms with E-state index in [0.29, 0.717) is 27.0 Å². The molecule has 0 saturated carbocycles. The van der Waals surface area contributed by atoms with Gasteiger partial charge in [-0.05, 0) is 52.7 Å². The third kappa shape index (κ3) is 5.74. The number of carbonyl (C=O) groups excluding carboxylic acids is 2. The number of benzene rings is 1. The average Bonchev–Trinajstić information content (AvgIpc) is 3.45. The Morgan fingerprint density at radius 3 is 2.62 bits per heavy atom. The summed E-state index contributed by atoms with van der Waals surface area (Å²) in [6, 6.07) is 9.28. The number of carbonyl (C=O) groups is 2. The minimum Gasteiger partial charge on any atom is -0.332 e. The van der Waals surface area contributed by atoms with Crippen LogP contribution in [0.15, 0.2) is 53.4 Å². The topological polar surface area (TPSA) is 131 Å². The molecule has 0 bridgehead atoms. The van der Waals surface area contributed by atoms with Crippen molar-refractivity contribution in [3.05, 3.63) is 70.6 Å². The lowest BCUT2D eigenvalue weighted by Crippen LogP contribution is -2.35. The Morgan fingerprint density at radius 2 is 1.92 bits per heavy atom. The highest BCUT2D eigenvalue weighted by Crippen LogP contribution is 2.52. The molecule has 10 nitrogen and oxygen atoms in total. The number of nitrogens with zero attached hydrogens (tertiary/aromatic N) is 6. The number of halogens is 2. The summed E-state index contributed by atoms with van der Waals surface area (Å²) in [4.78, 5) is 49.4. The van der Waals surface area contributed by atoms with E-state index < -0.39 is 31.8 Å². The quantitative estimate of drug-likeness (QED) is 0.173. The minimum atomic E-state index is -4.31. The van der Waals surface area contributed by atoms with Crippen LogP contribution in [0.1, 0.15) is 35.4 Å². The lowest BCUT2D eigenvalue weighted by Gasteiger charge is -2.28. The smallest absolute Gasteiger partial charge is 0.291 e. The van der Waals surface area contributed by atoms with Crippen molar-refractivity contribution in [2.75, 3.05) is 6.54 Å². The van der Waals surface area contributed by atoms with E-state index in [9.17, 15) is 23.4 Å². The van der Waals surface area contributed by atoms with Gasteiger partial charge in [-0.1, -0.05) is 12.1 Å². The summed E-state index contributed by atoms with van der Waals surface area (Å²) < 4.78 is 31.1. The number of aryl methyl sites for hydroxylation is 1. The van der Waals surface area contributed by atoms with Crippen LogP contribution in [0.3, 0.4) is 0 Å². The number of fused-ring (bicyclic) bond motifs is 1. The Hall–Kier alpha value is -3.18. The predicted molar refractivity (Wildman–Crippen MR) is 146 cm³/mol. The number of ketones is 2. The molecule has 1 aliphatic rings. The van der Waals surface area contributed by atoms with Gasteiger partial charge in [0.1, 0.15) is 28.6 Å². The van der Waals surface area contributed by atoms with E-state index >= 15 is 0 Å². The van der Waals surface area contributed by atoms with Crippen molar-refractivity contribution in [2.24, 2.45) is 0 Å². The molecule has 202 valence electrons. The first-order valence-electron chi connectivity index (χ1n) is 12.2. The lowest BCUT2D eigenvalue weighted by atomic mass is 10.0. The van der Waals surface area contributed by atoms with E-state index in [2.05, 4.69) is 36.0 Å². The van der Waals surface area contributed by atoms with Crippen LogP contribution in [0, 0.1) is 6.92 Å². The molecule has 3 aromatic heterocycles. The predicted octanol–water partition coefficient (Wildman–Crippen LogP) is 4.53. The molecule has 0 aliphatic carbocycles. The van der Waals surface area contributed by atoms with Gasteiger partial charge >= 0.3 is 0 Å². The zero-order chi connectivity index (χ0) is 27.9. The number of hydrogen-bond acceptors (Lipinski definition) is 7. The highest BCUT2D eigenvalue weighted by molar-refractivity contribution is 9.10. The highest BCUT2D eigenvalue weighted by Gasteiger charge is 2.46. The molecule has 1 fully saturated rings. The third-order valence-corrected chi connectivity index (χ3v) is 8.96. The summed E-state index contributed by atoms with van der Waals surface area (Å²) in [6.45, 7) is 2.79. The Bertz CT molecular complexity index is 1630. The molecule has 3 atom stereocenters. The van der Waals surface area contributed by atoms with Gasteiger partial charge in [0.05, 0.1) is 18.0 Å². The number of Topliss-reactive ketones (excluding diaryl/α,β-unsaturated/α-hetero) is 2. The van der Waals surface area contributed by atoms with Crippen molar-refractivity contribution < 1.29 is 23.4 Å². The lowest BCUT2D eigenvalue weighted by molar-refractivity contribution is -0.121. The Kier molecular flexibility index (Phi) is 7.56. The maximum absolute atomic E-state index is 14.5. The van der Waals surface area contributed by atoms with E-state index in [1.165, 1.54) is 11.6 Å². The summed E-state index contributed by atoms with van der Waals surface area (Å²) in [5.74, 6) is -0.0870. The maximum Gasteiger partial charge on any atom is 0.291 e. The van der Waals surface area contributed by atoms with Gasteiger partial charge in [0, 0.05) is 48.9 Å². The second-order valence-corrected chi connectivity index (χ2v) is 12.5. The first-order valence-corrected chi connectivity index (χ1v) is 14.8. The van der Waals surface area contributed by atoms with E-state index in [1.54, 1.807) is 55.7 Å². The molecule has 4 aromatic rings. The van der Waals surface area contributed by atoms with Gasteiger partial charge in [-0.15, -0.1) is 0 Å². The first kappa shape index (κ1) is 27.4.